The molecule has 4 heterocycles. The third-order valence-electron chi connectivity index (χ3n) is 5.18. The molecular weight excluding hydrogens is 364 g/mol. The Kier molecular flexibility index (Phi) is 4.25. The summed E-state index contributed by atoms with van der Waals surface area (Å²) in [5, 5.41) is 19.6. The molecular formula is C21H28N8. The van der Waals surface area contributed by atoms with Gasteiger partial charge in [-0.25, -0.2) is 18.7 Å². The summed E-state index contributed by atoms with van der Waals surface area (Å²) in [5.74, 6) is -1.06. The van der Waals surface area contributed by atoms with Gasteiger partial charge in [-0.3, -0.25) is 0 Å². The van der Waals surface area contributed by atoms with Crippen molar-refractivity contribution in [3.8, 4) is 0 Å². The molecule has 0 aliphatic heterocycles. The third-order valence-corrected chi connectivity index (χ3v) is 5.18. The van der Waals surface area contributed by atoms with E-state index in [1.54, 1.807) is 0 Å². The SMILES string of the molecule is Cc1cc(C)n(C(n2nc(C)cc2C)(n2nc(C)cc2C)n2nc(C)cc2C)n1. The van der Waals surface area contributed by atoms with Crippen LogP contribution >= 0.6 is 0 Å². The highest BCUT2D eigenvalue weighted by Crippen LogP contribution is 2.30. The van der Waals surface area contributed by atoms with E-state index in [1.807, 2.05) is 46.4 Å². The molecule has 0 radical (unpaired) electrons. The molecule has 29 heavy (non-hydrogen) atoms. The summed E-state index contributed by atoms with van der Waals surface area (Å²) >= 11 is 0. The lowest BCUT2D eigenvalue weighted by Gasteiger charge is -2.38. The predicted molar refractivity (Wildman–Crippen MR) is 111 cm³/mol. The third kappa shape index (κ3) is 2.73. The zero-order valence-electron chi connectivity index (χ0n) is 18.4. The highest BCUT2D eigenvalue weighted by atomic mass is 15.7. The molecule has 0 atom stereocenters. The summed E-state index contributed by atoms with van der Waals surface area (Å²) in [6.07, 6.45) is 0. The summed E-state index contributed by atoms with van der Waals surface area (Å²) in [4.78, 5) is 0. The van der Waals surface area contributed by atoms with Crippen molar-refractivity contribution in [1.29, 1.82) is 0 Å². The minimum absolute atomic E-state index is 0.927. The second kappa shape index (κ2) is 6.43. The minimum atomic E-state index is -1.06. The van der Waals surface area contributed by atoms with E-state index in [0.29, 0.717) is 0 Å². The van der Waals surface area contributed by atoms with Crippen molar-refractivity contribution in [3.63, 3.8) is 0 Å². The van der Waals surface area contributed by atoms with Crippen molar-refractivity contribution in [1.82, 2.24) is 39.1 Å². The molecule has 0 saturated carbocycles. The van der Waals surface area contributed by atoms with Gasteiger partial charge in [-0.15, -0.1) is 0 Å². The van der Waals surface area contributed by atoms with Gasteiger partial charge < -0.3 is 0 Å². The van der Waals surface area contributed by atoms with Crippen molar-refractivity contribution in [2.24, 2.45) is 0 Å². The highest BCUT2D eigenvalue weighted by molar-refractivity contribution is 5.20. The molecule has 0 aliphatic carbocycles. The zero-order valence-corrected chi connectivity index (χ0v) is 18.4. The van der Waals surface area contributed by atoms with E-state index in [0.717, 1.165) is 45.6 Å². The number of rotatable bonds is 4. The second-order valence-corrected chi connectivity index (χ2v) is 7.96. The molecule has 0 spiro atoms. The molecule has 0 saturated heterocycles. The molecule has 8 heteroatoms. The van der Waals surface area contributed by atoms with Crippen molar-refractivity contribution >= 4 is 0 Å². The van der Waals surface area contributed by atoms with Crippen molar-refractivity contribution in [2.75, 3.05) is 0 Å². The average Bonchev–Trinajstić information content (AvgIpc) is 3.33. The maximum atomic E-state index is 4.90. The maximum absolute atomic E-state index is 4.90. The lowest BCUT2D eigenvalue weighted by molar-refractivity contribution is 0.0510. The Morgan fingerprint density at radius 3 is 0.793 bits per heavy atom. The number of hydrogen-bond donors (Lipinski definition) is 0. The van der Waals surface area contributed by atoms with Crippen LogP contribution in [0, 0.1) is 55.4 Å². The van der Waals surface area contributed by atoms with Gasteiger partial charge in [0.2, 0.25) is 0 Å². The van der Waals surface area contributed by atoms with Crippen LogP contribution in [0.2, 0.25) is 0 Å². The molecule has 0 fully saturated rings. The fourth-order valence-electron chi connectivity index (χ4n) is 4.27. The first-order valence-electron chi connectivity index (χ1n) is 9.79. The van der Waals surface area contributed by atoms with Crippen LogP contribution in [0.4, 0.5) is 0 Å². The van der Waals surface area contributed by atoms with Crippen molar-refractivity contribution < 1.29 is 0 Å². The lowest BCUT2D eigenvalue weighted by atomic mass is 10.3. The van der Waals surface area contributed by atoms with Crippen LogP contribution in [0.5, 0.6) is 0 Å². The van der Waals surface area contributed by atoms with Gasteiger partial charge in [-0.2, -0.15) is 20.4 Å². The Morgan fingerprint density at radius 1 is 0.448 bits per heavy atom. The molecule has 0 N–H and O–H groups in total. The van der Waals surface area contributed by atoms with E-state index in [2.05, 4.69) is 52.0 Å². The van der Waals surface area contributed by atoms with Gasteiger partial charge >= 0.3 is 5.91 Å². The van der Waals surface area contributed by atoms with E-state index in [4.69, 9.17) is 20.4 Å². The van der Waals surface area contributed by atoms with Crippen LogP contribution in [0.1, 0.15) is 45.6 Å². The molecule has 4 aromatic rings. The van der Waals surface area contributed by atoms with E-state index in [1.165, 1.54) is 0 Å². The van der Waals surface area contributed by atoms with Crippen LogP contribution in [0.3, 0.4) is 0 Å². The standard InChI is InChI=1S/C21H28N8/c1-13-9-17(5)26(22-13)21(27-18(6)10-14(2)23-27,28-19(7)11-15(3)24-28)29-20(8)12-16(4)25-29/h9-12H,1-8H3. The molecule has 0 aliphatic rings. The maximum Gasteiger partial charge on any atom is 0.355 e. The Balaban J connectivity index is 2.26. The molecule has 4 aromatic heterocycles. The fraction of sp³-hybridized carbons (Fsp3) is 0.429. The van der Waals surface area contributed by atoms with Crippen LogP contribution in [0.15, 0.2) is 24.3 Å². The molecule has 0 amide bonds. The van der Waals surface area contributed by atoms with Crippen LogP contribution in [-0.2, 0) is 5.91 Å². The highest BCUT2D eigenvalue weighted by Gasteiger charge is 2.46. The van der Waals surface area contributed by atoms with Crippen LogP contribution in [-0.4, -0.2) is 39.1 Å². The lowest BCUT2D eigenvalue weighted by Crippen LogP contribution is -2.57. The fourth-order valence-corrected chi connectivity index (χ4v) is 4.27. The van der Waals surface area contributed by atoms with Gasteiger partial charge in [0.15, 0.2) is 0 Å². The Hall–Kier alpha value is -3.16. The normalized spacial score (nSPS) is 12.1. The molecule has 0 bridgehead atoms. The van der Waals surface area contributed by atoms with Gasteiger partial charge in [-0.1, -0.05) is 0 Å². The predicted octanol–water partition coefficient (Wildman–Crippen LogP) is 3.15. The first-order chi connectivity index (χ1) is 13.6. The Labute approximate surface area is 170 Å². The van der Waals surface area contributed by atoms with E-state index in [-0.39, 0.29) is 0 Å². The van der Waals surface area contributed by atoms with Crippen LogP contribution < -0.4 is 0 Å². The summed E-state index contributed by atoms with van der Waals surface area (Å²) in [6, 6.07) is 8.27. The number of hydrogen-bond acceptors (Lipinski definition) is 4. The van der Waals surface area contributed by atoms with Gasteiger partial charge in [0.25, 0.3) is 0 Å². The molecule has 0 aromatic carbocycles. The van der Waals surface area contributed by atoms with E-state index in [9.17, 15) is 0 Å². The van der Waals surface area contributed by atoms with E-state index >= 15 is 0 Å². The summed E-state index contributed by atoms with van der Waals surface area (Å²) in [6.45, 7) is 16.2. The monoisotopic (exact) mass is 392 g/mol. The Morgan fingerprint density at radius 2 is 0.655 bits per heavy atom. The van der Waals surface area contributed by atoms with Gasteiger partial charge in [0.05, 0.1) is 22.8 Å². The summed E-state index contributed by atoms with van der Waals surface area (Å²) in [5.41, 5.74) is 7.69. The van der Waals surface area contributed by atoms with E-state index < -0.39 is 5.91 Å². The van der Waals surface area contributed by atoms with Gasteiger partial charge in [-0.05, 0) is 79.7 Å². The largest absolute Gasteiger partial charge is 0.355 e. The molecule has 8 nitrogen and oxygen atoms in total. The molecule has 4 rings (SSSR count). The number of nitrogens with zero attached hydrogens (tertiary/aromatic N) is 8. The first kappa shape index (κ1) is 19.2. The average molecular weight is 393 g/mol. The second-order valence-electron chi connectivity index (χ2n) is 7.96. The first-order valence-corrected chi connectivity index (χ1v) is 9.79. The molecule has 0 unspecified atom stereocenters. The number of aryl methyl sites for hydroxylation is 8. The quantitative estimate of drug-likeness (QED) is 0.535. The summed E-state index contributed by atoms with van der Waals surface area (Å²) in [7, 11) is 0. The smallest absolute Gasteiger partial charge is 0.202 e. The van der Waals surface area contributed by atoms with Crippen molar-refractivity contribution in [2.45, 2.75) is 61.3 Å². The molecule has 152 valence electrons. The Bertz CT molecular complexity index is 1010. The van der Waals surface area contributed by atoms with Gasteiger partial charge in [0.1, 0.15) is 0 Å². The van der Waals surface area contributed by atoms with Crippen LogP contribution in [0.25, 0.3) is 0 Å². The zero-order chi connectivity index (χ0) is 21.1. The topological polar surface area (TPSA) is 71.3 Å². The summed E-state index contributed by atoms with van der Waals surface area (Å²) < 4.78 is 7.89. The van der Waals surface area contributed by atoms with Crippen molar-refractivity contribution in [3.05, 3.63) is 69.8 Å². The number of aromatic nitrogens is 8. The van der Waals surface area contributed by atoms with Gasteiger partial charge in [0, 0.05) is 22.8 Å². The minimum Gasteiger partial charge on any atom is -0.202 e.